The van der Waals surface area contributed by atoms with Gasteiger partial charge >= 0.3 is 11.9 Å². The molecule has 0 spiro atoms. The fraction of sp³-hybridized carbons (Fsp3) is 0.542. The summed E-state index contributed by atoms with van der Waals surface area (Å²) in [5.41, 5.74) is 12.0. The second-order valence-electron chi connectivity index (χ2n) is 8.70. The molecule has 0 fully saturated rings. The Bertz CT molecular complexity index is 912. The van der Waals surface area contributed by atoms with Crippen LogP contribution in [0, 0.1) is 0 Å². The van der Waals surface area contributed by atoms with Crippen LogP contribution in [0.25, 0.3) is 0 Å². The van der Waals surface area contributed by atoms with Crippen molar-refractivity contribution in [1.29, 1.82) is 0 Å². The Kier molecular flexibility index (Phi) is 13.8. The molecule has 0 bridgehead atoms. The average Bonchev–Trinajstić information content (AvgIpc) is 2.84. The fourth-order valence-corrected chi connectivity index (χ4v) is 3.43. The van der Waals surface area contributed by atoms with Crippen molar-refractivity contribution in [3.63, 3.8) is 0 Å². The Morgan fingerprint density at radius 3 is 2.00 bits per heavy atom. The first-order valence-electron chi connectivity index (χ1n) is 12.0. The van der Waals surface area contributed by atoms with Crippen molar-refractivity contribution < 1.29 is 39.3 Å². The van der Waals surface area contributed by atoms with Crippen molar-refractivity contribution in [2.24, 2.45) is 11.5 Å². The van der Waals surface area contributed by atoms with Gasteiger partial charge in [0.2, 0.25) is 17.7 Å². The maximum atomic E-state index is 13.1. The second-order valence-corrected chi connectivity index (χ2v) is 8.70. The molecule has 0 radical (unpaired) electrons. The van der Waals surface area contributed by atoms with Crippen molar-refractivity contribution in [3.8, 4) is 0 Å². The van der Waals surface area contributed by atoms with E-state index >= 15 is 0 Å². The number of rotatable bonds is 17. The summed E-state index contributed by atoms with van der Waals surface area (Å²) in [6, 6.07) is 3.38. The van der Waals surface area contributed by atoms with Gasteiger partial charge in [-0.05, 0) is 38.3 Å². The van der Waals surface area contributed by atoms with E-state index in [-0.39, 0.29) is 12.8 Å². The van der Waals surface area contributed by atoms with Gasteiger partial charge in [-0.2, -0.15) is 0 Å². The number of benzene rings is 1. The van der Waals surface area contributed by atoms with Crippen molar-refractivity contribution >= 4 is 29.7 Å². The number of carboxylic acid groups (broad SMARTS) is 2. The number of hydrogen-bond acceptors (Lipinski definition) is 8. The maximum absolute atomic E-state index is 13.1. The van der Waals surface area contributed by atoms with Crippen molar-refractivity contribution in [3.05, 3.63) is 35.9 Å². The summed E-state index contributed by atoms with van der Waals surface area (Å²) in [6.07, 6.45) is -0.618. The smallest absolute Gasteiger partial charge is 0.328 e. The molecule has 13 heteroatoms. The van der Waals surface area contributed by atoms with E-state index in [4.69, 9.17) is 16.6 Å². The molecule has 0 aliphatic carbocycles. The molecule has 5 unspecified atom stereocenters. The van der Waals surface area contributed by atoms with Gasteiger partial charge in [-0.15, -0.1) is 0 Å². The zero-order chi connectivity index (χ0) is 28.0. The Morgan fingerprint density at radius 2 is 1.46 bits per heavy atom. The number of hydrogen-bond donors (Lipinski definition) is 8. The molecule has 3 amide bonds. The van der Waals surface area contributed by atoms with Gasteiger partial charge in [0.15, 0.2) is 6.04 Å². The summed E-state index contributed by atoms with van der Waals surface area (Å²) in [5, 5.41) is 35.2. The molecule has 1 aromatic carbocycles. The average molecular weight is 524 g/mol. The normalized spacial score (nSPS) is 14.9. The molecular formula is C24H37N5O8. The van der Waals surface area contributed by atoms with Crippen LogP contribution in [0.4, 0.5) is 0 Å². The highest BCUT2D eigenvalue weighted by atomic mass is 16.4. The second kappa shape index (κ2) is 16.2. The molecule has 0 aliphatic heterocycles. The number of aliphatic hydroxyl groups is 1. The largest absolute Gasteiger partial charge is 0.481 e. The molecule has 0 saturated heterocycles. The van der Waals surface area contributed by atoms with Crippen LogP contribution in [0.15, 0.2) is 30.3 Å². The summed E-state index contributed by atoms with van der Waals surface area (Å²) in [6.45, 7) is 1.62. The summed E-state index contributed by atoms with van der Waals surface area (Å²) in [5.74, 6) is -5.05. The quantitative estimate of drug-likeness (QED) is 0.110. The third-order valence-electron chi connectivity index (χ3n) is 5.55. The monoisotopic (exact) mass is 523 g/mol. The molecule has 0 aliphatic rings. The molecule has 0 aromatic heterocycles. The molecule has 1 aromatic rings. The Hall–Kier alpha value is -3.55. The first kappa shape index (κ1) is 31.5. The van der Waals surface area contributed by atoms with Crippen LogP contribution in [0.3, 0.4) is 0 Å². The lowest BCUT2D eigenvalue weighted by Gasteiger charge is -2.26. The van der Waals surface area contributed by atoms with E-state index in [1.165, 1.54) is 6.92 Å². The number of carbonyl (C=O) groups is 5. The molecule has 1 rings (SSSR count). The topological polar surface area (TPSA) is 234 Å². The lowest BCUT2D eigenvalue weighted by Crippen LogP contribution is -2.58. The molecule has 0 saturated carbocycles. The summed E-state index contributed by atoms with van der Waals surface area (Å²) in [4.78, 5) is 61.2. The van der Waals surface area contributed by atoms with Gasteiger partial charge in [0, 0.05) is 12.8 Å². The van der Waals surface area contributed by atoms with Crippen LogP contribution in [-0.2, 0) is 30.4 Å². The highest BCUT2D eigenvalue weighted by Crippen LogP contribution is 2.08. The number of unbranched alkanes of at least 4 members (excludes halogenated alkanes) is 1. The maximum Gasteiger partial charge on any atom is 0.328 e. The fourth-order valence-electron chi connectivity index (χ4n) is 3.43. The first-order chi connectivity index (χ1) is 17.5. The number of carboxylic acids is 2. The summed E-state index contributed by atoms with van der Waals surface area (Å²) < 4.78 is 0. The standard InChI is InChI=1S/C24H37N5O8/c1-14(30)20(24(36)37)29-23(35)18(13-15-7-3-2-4-8-15)28-22(34)17(10-11-19(31)32)27-21(33)16(26)9-5-6-12-25/h2-4,7-8,14,16-18,20,30H,5-6,9-13,25-26H2,1H3,(H,27,33)(H,28,34)(H,29,35)(H,31,32)(H,36,37). The number of aliphatic hydroxyl groups excluding tert-OH is 1. The van der Waals surface area contributed by atoms with E-state index in [1.807, 2.05) is 0 Å². The van der Waals surface area contributed by atoms with Gasteiger partial charge < -0.3 is 42.7 Å². The lowest BCUT2D eigenvalue weighted by molar-refractivity contribution is -0.145. The molecule has 37 heavy (non-hydrogen) atoms. The number of amides is 3. The van der Waals surface area contributed by atoms with Crippen molar-refractivity contribution in [1.82, 2.24) is 16.0 Å². The van der Waals surface area contributed by atoms with E-state index < -0.39 is 66.4 Å². The first-order valence-corrected chi connectivity index (χ1v) is 12.0. The number of nitrogens with one attached hydrogen (secondary N) is 3. The van der Waals surface area contributed by atoms with Gasteiger partial charge in [-0.3, -0.25) is 19.2 Å². The van der Waals surface area contributed by atoms with Crippen LogP contribution >= 0.6 is 0 Å². The molecule has 10 N–H and O–H groups in total. The van der Waals surface area contributed by atoms with Crippen molar-refractivity contribution in [2.45, 2.75) is 75.7 Å². The molecule has 5 atom stereocenters. The van der Waals surface area contributed by atoms with Crippen LogP contribution in [0.1, 0.15) is 44.6 Å². The molecule has 206 valence electrons. The number of carbonyl (C=O) groups excluding carboxylic acids is 3. The predicted molar refractivity (Wildman–Crippen MR) is 133 cm³/mol. The Labute approximate surface area is 215 Å². The molecule has 13 nitrogen and oxygen atoms in total. The molecule has 0 heterocycles. The van der Waals surface area contributed by atoms with Crippen molar-refractivity contribution in [2.75, 3.05) is 6.54 Å². The van der Waals surface area contributed by atoms with Gasteiger partial charge in [-0.1, -0.05) is 36.8 Å². The van der Waals surface area contributed by atoms with Gasteiger partial charge in [0.05, 0.1) is 12.1 Å². The van der Waals surface area contributed by atoms with E-state index in [9.17, 15) is 34.2 Å². The minimum absolute atomic E-state index is 0.0389. The zero-order valence-electron chi connectivity index (χ0n) is 20.8. The van der Waals surface area contributed by atoms with Crippen LogP contribution in [0.5, 0.6) is 0 Å². The number of nitrogens with two attached hydrogens (primary N) is 2. The van der Waals surface area contributed by atoms with Crippen LogP contribution in [-0.4, -0.2) is 81.8 Å². The van der Waals surface area contributed by atoms with E-state index in [0.717, 1.165) is 0 Å². The minimum Gasteiger partial charge on any atom is -0.481 e. The summed E-state index contributed by atoms with van der Waals surface area (Å²) >= 11 is 0. The highest BCUT2D eigenvalue weighted by molar-refractivity contribution is 5.94. The van der Waals surface area contributed by atoms with E-state index in [0.29, 0.717) is 31.4 Å². The van der Waals surface area contributed by atoms with E-state index in [1.54, 1.807) is 30.3 Å². The SMILES string of the molecule is CC(O)C(NC(=O)C(Cc1ccccc1)NC(=O)C(CCC(=O)O)NC(=O)C(N)CCCCN)C(=O)O. The third kappa shape index (κ3) is 11.8. The minimum atomic E-state index is -1.63. The van der Waals surface area contributed by atoms with Gasteiger partial charge in [0.25, 0.3) is 0 Å². The zero-order valence-corrected chi connectivity index (χ0v) is 20.8. The molecular weight excluding hydrogens is 486 g/mol. The van der Waals surface area contributed by atoms with Crippen LogP contribution in [0.2, 0.25) is 0 Å². The summed E-state index contributed by atoms with van der Waals surface area (Å²) in [7, 11) is 0. The Balaban J connectivity index is 3.09. The number of aliphatic carboxylic acids is 2. The third-order valence-corrected chi connectivity index (χ3v) is 5.55. The highest BCUT2D eigenvalue weighted by Gasteiger charge is 2.32. The van der Waals surface area contributed by atoms with Gasteiger partial charge in [-0.25, -0.2) is 4.79 Å². The van der Waals surface area contributed by atoms with Gasteiger partial charge in [0.1, 0.15) is 12.1 Å². The predicted octanol–water partition coefficient (Wildman–Crippen LogP) is -1.53. The lowest BCUT2D eigenvalue weighted by atomic mass is 10.0. The Morgan fingerprint density at radius 1 is 0.865 bits per heavy atom. The van der Waals surface area contributed by atoms with Crippen LogP contribution < -0.4 is 27.4 Å². The van der Waals surface area contributed by atoms with E-state index in [2.05, 4.69) is 16.0 Å².